The number of ether oxygens (including phenoxy) is 1. The topological polar surface area (TPSA) is 22.1 Å². The van der Waals surface area contributed by atoms with Crippen LogP contribution in [-0.4, -0.2) is 30.5 Å². The fraction of sp³-hybridized carbons (Fsp3) is 0.500. The van der Waals surface area contributed by atoms with Crippen molar-refractivity contribution in [1.29, 1.82) is 0 Å². The predicted octanol–water partition coefficient (Wildman–Crippen LogP) is 1.94. The summed E-state index contributed by atoms with van der Waals surface area (Å²) >= 11 is -2.09. The van der Waals surface area contributed by atoms with Gasteiger partial charge in [0, 0.05) is 0 Å². The second-order valence-corrected chi connectivity index (χ2v) is 18.4. The number of rotatable bonds is 2. The van der Waals surface area contributed by atoms with Crippen LogP contribution in [-0.2, 0) is 0 Å². The third-order valence-electron chi connectivity index (χ3n) is 1.93. The fourth-order valence-corrected chi connectivity index (χ4v) is 5.35. The minimum atomic E-state index is -2.09. The third kappa shape index (κ3) is 2.59. The summed E-state index contributed by atoms with van der Waals surface area (Å²) < 4.78 is 6.55. The Bertz CT molecular complexity index is 304. The van der Waals surface area contributed by atoms with E-state index >= 15 is 0 Å². The maximum atomic E-state index is 5.32. The fourth-order valence-electron chi connectivity index (χ4n) is 1.25. The van der Waals surface area contributed by atoms with Crippen LogP contribution in [0.5, 0.6) is 5.75 Å². The summed E-state index contributed by atoms with van der Waals surface area (Å²) in [4.78, 5) is 11.6. The molecule has 0 N–H and O–H groups in total. The Balaban J connectivity index is 3.24. The van der Waals surface area contributed by atoms with Crippen LogP contribution in [0.2, 0.25) is 14.8 Å². The van der Waals surface area contributed by atoms with Crippen LogP contribution in [0, 0.1) is 6.92 Å². The van der Waals surface area contributed by atoms with E-state index in [0.29, 0.717) is 0 Å². The molecular formula is C10H17NOSn. The molecule has 0 saturated heterocycles. The van der Waals surface area contributed by atoms with E-state index in [9.17, 15) is 0 Å². The number of aryl methyl sites for hydroxylation is 1. The number of pyridine rings is 1. The van der Waals surface area contributed by atoms with Crippen LogP contribution >= 0.6 is 0 Å². The first kappa shape index (κ1) is 10.8. The van der Waals surface area contributed by atoms with E-state index in [1.807, 2.05) is 19.1 Å². The molecule has 0 amide bonds. The molecular weight excluding hydrogens is 269 g/mol. The molecule has 1 aromatic rings. The standard InChI is InChI=1S/C7H8NO.3CH3.Sn/c1-6-3-4-7(9-2)5-8-6;;;;/h3-4H,1-2H3;3*1H3;. The van der Waals surface area contributed by atoms with Crippen LogP contribution in [0.4, 0.5) is 0 Å². The zero-order valence-electron chi connectivity index (χ0n) is 9.01. The van der Waals surface area contributed by atoms with Crippen LogP contribution in [0.1, 0.15) is 5.69 Å². The van der Waals surface area contributed by atoms with Crippen LogP contribution in [0.25, 0.3) is 0 Å². The van der Waals surface area contributed by atoms with Crippen LogP contribution in [0.3, 0.4) is 0 Å². The van der Waals surface area contributed by atoms with Gasteiger partial charge in [0.15, 0.2) is 0 Å². The summed E-state index contributed by atoms with van der Waals surface area (Å²) in [6.45, 7) is 2.03. The van der Waals surface area contributed by atoms with Gasteiger partial charge < -0.3 is 0 Å². The molecule has 0 aliphatic rings. The van der Waals surface area contributed by atoms with Crippen molar-refractivity contribution in [3.63, 3.8) is 0 Å². The molecule has 72 valence electrons. The van der Waals surface area contributed by atoms with Gasteiger partial charge in [-0.1, -0.05) is 0 Å². The molecule has 0 aromatic carbocycles. The SMILES string of the molecule is COc1ccc(C)n[c]1[Sn]([CH3])([CH3])[CH3]. The first-order valence-electron chi connectivity index (χ1n) is 4.47. The predicted molar refractivity (Wildman–Crippen MR) is 58.5 cm³/mol. The third-order valence-corrected chi connectivity index (χ3v) is 7.01. The Hall–Kier alpha value is -0.251. The molecule has 0 saturated carbocycles. The Kier molecular flexibility index (Phi) is 3.22. The van der Waals surface area contributed by atoms with E-state index in [2.05, 4.69) is 19.8 Å². The van der Waals surface area contributed by atoms with E-state index in [1.54, 1.807) is 7.11 Å². The van der Waals surface area contributed by atoms with Crippen LogP contribution < -0.4 is 8.45 Å². The zero-order valence-corrected chi connectivity index (χ0v) is 11.9. The number of hydrogen-bond acceptors (Lipinski definition) is 2. The molecule has 0 bridgehead atoms. The van der Waals surface area contributed by atoms with Crippen molar-refractivity contribution in [3.05, 3.63) is 17.8 Å². The van der Waals surface area contributed by atoms with Crippen molar-refractivity contribution < 1.29 is 4.74 Å². The van der Waals surface area contributed by atoms with Crippen molar-refractivity contribution >= 4 is 22.1 Å². The summed E-state index contributed by atoms with van der Waals surface area (Å²) in [6.07, 6.45) is 0. The molecule has 2 nitrogen and oxygen atoms in total. The second-order valence-electron chi connectivity index (χ2n) is 4.25. The normalized spacial score (nSPS) is 11.5. The van der Waals surface area contributed by atoms with Gasteiger partial charge in [0.25, 0.3) is 0 Å². The number of methoxy groups -OCH3 is 1. The number of nitrogens with zero attached hydrogens (tertiary/aromatic N) is 1. The molecule has 3 heteroatoms. The van der Waals surface area contributed by atoms with Gasteiger partial charge in [0.1, 0.15) is 0 Å². The quantitative estimate of drug-likeness (QED) is 0.775. The summed E-state index contributed by atoms with van der Waals surface area (Å²) in [5, 5.41) is 0. The Morgan fingerprint density at radius 3 is 2.31 bits per heavy atom. The molecule has 0 atom stereocenters. The Labute approximate surface area is 84.2 Å². The average molecular weight is 286 g/mol. The Morgan fingerprint density at radius 1 is 1.23 bits per heavy atom. The van der Waals surface area contributed by atoms with E-state index in [0.717, 1.165) is 11.4 Å². The molecule has 0 fully saturated rings. The first-order valence-corrected chi connectivity index (χ1v) is 14.5. The summed E-state index contributed by atoms with van der Waals surface area (Å²) in [5.41, 5.74) is 1.09. The summed E-state index contributed by atoms with van der Waals surface area (Å²) in [6, 6.07) is 4.03. The van der Waals surface area contributed by atoms with Crippen molar-refractivity contribution in [2.45, 2.75) is 21.7 Å². The average Bonchev–Trinajstić information content (AvgIpc) is 2.03. The van der Waals surface area contributed by atoms with E-state index < -0.39 is 18.4 Å². The monoisotopic (exact) mass is 287 g/mol. The van der Waals surface area contributed by atoms with Crippen molar-refractivity contribution in [2.75, 3.05) is 7.11 Å². The van der Waals surface area contributed by atoms with Gasteiger partial charge in [0.2, 0.25) is 0 Å². The van der Waals surface area contributed by atoms with E-state index in [-0.39, 0.29) is 0 Å². The van der Waals surface area contributed by atoms with Crippen molar-refractivity contribution in [1.82, 2.24) is 4.98 Å². The summed E-state index contributed by atoms with van der Waals surface area (Å²) in [5.74, 6) is 0.967. The van der Waals surface area contributed by atoms with E-state index in [4.69, 9.17) is 4.74 Å². The molecule has 0 unspecified atom stereocenters. The number of hydrogen-bond donors (Lipinski definition) is 0. The number of aromatic nitrogens is 1. The summed E-state index contributed by atoms with van der Waals surface area (Å²) in [7, 11) is 1.72. The second kappa shape index (κ2) is 3.86. The van der Waals surface area contributed by atoms with Gasteiger partial charge in [-0.3, -0.25) is 0 Å². The minimum absolute atomic E-state index is 0.967. The zero-order chi connectivity index (χ0) is 10.1. The van der Waals surface area contributed by atoms with Crippen LogP contribution in [0.15, 0.2) is 12.1 Å². The van der Waals surface area contributed by atoms with Crippen molar-refractivity contribution in [3.8, 4) is 5.75 Å². The van der Waals surface area contributed by atoms with Gasteiger partial charge in [-0.25, -0.2) is 0 Å². The molecule has 1 rings (SSSR count). The van der Waals surface area contributed by atoms with Gasteiger partial charge >= 0.3 is 84.2 Å². The van der Waals surface area contributed by atoms with Gasteiger partial charge in [0.05, 0.1) is 0 Å². The molecule has 0 radical (unpaired) electrons. The Morgan fingerprint density at radius 2 is 1.85 bits per heavy atom. The van der Waals surface area contributed by atoms with Gasteiger partial charge in [-0.05, 0) is 0 Å². The van der Waals surface area contributed by atoms with Gasteiger partial charge in [-0.15, -0.1) is 0 Å². The maximum absolute atomic E-state index is 5.32. The molecule has 0 spiro atoms. The first-order chi connectivity index (χ1) is 5.95. The molecule has 0 aliphatic heterocycles. The van der Waals surface area contributed by atoms with Crippen molar-refractivity contribution in [2.24, 2.45) is 0 Å². The molecule has 13 heavy (non-hydrogen) atoms. The molecule has 0 aliphatic carbocycles. The molecule has 1 heterocycles. The molecule has 1 aromatic heterocycles. The van der Waals surface area contributed by atoms with E-state index in [1.165, 1.54) is 3.71 Å². The van der Waals surface area contributed by atoms with Gasteiger partial charge in [-0.2, -0.15) is 0 Å².